The Hall–Kier alpha value is -1.33. The minimum absolute atomic E-state index is 0.00673. The van der Waals surface area contributed by atoms with Crippen LogP contribution in [-0.2, 0) is 4.79 Å². The monoisotopic (exact) mass is 307 g/mol. The van der Waals surface area contributed by atoms with Gasteiger partial charge in [0.25, 0.3) is 5.91 Å². The van der Waals surface area contributed by atoms with Crippen molar-refractivity contribution in [3.05, 3.63) is 33.6 Å². The molecule has 0 aliphatic carbocycles. The normalized spacial score (nSPS) is 12.0. The standard InChI is InChI=1S/C12H12Cl2FNO3/c1-2-6(12(18)19)5-16-11(17)7-3-10(15)9(14)4-8(7)13/h3-4,6H,2,5H2,1H3,(H,16,17)(H,18,19). The fraction of sp³-hybridized carbons (Fsp3) is 0.333. The van der Waals surface area contributed by atoms with Crippen LogP contribution in [0, 0.1) is 11.7 Å². The first-order chi connectivity index (χ1) is 8.86. The maximum atomic E-state index is 13.2. The molecule has 0 saturated carbocycles. The summed E-state index contributed by atoms with van der Waals surface area (Å²) < 4.78 is 13.2. The summed E-state index contributed by atoms with van der Waals surface area (Å²) in [6.45, 7) is 1.64. The first-order valence-electron chi connectivity index (χ1n) is 5.52. The highest BCUT2D eigenvalue weighted by Gasteiger charge is 2.18. The van der Waals surface area contributed by atoms with Crippen molar-refractivity contribution in [2.75, 3.05) is 6.54 Å². The Labute approximate surface area is 119 Å². The van der Waals surface area contributed by atoms with Crippen molar-refractivity contribution in [1.82, 2.24) is 5.32 Å². The number of carboxylic acid groups (broad SMARTS) is 1. The van der Waals surface area contributed by atoms with Gasteiger partial charge >= 0.3 is 5.97 Å². The number of carbonyl (C=O) groups excluding carboxylic acids is 1. The van der Waals surface area contributed by atoms with Crippen LogP contribution in [0.3, 0.4) is 0 Å². The first-order valence-corrected chi connectivity index (χ1v) is 6.28. The molecule has 0 aliphatic heterocycles. The van der Waals surface area contributed by atoms with E-state index < -0.39 is 23.6 Å². The van der Waals surface area contributed by atoms with E-state index in [1.807, 2.05) is 0 Å². The van der Waals surface area contributed by atoms with Crippen molar-refractivity contribution in [2.24, 2.45) is 5.92 Å². The Morgan fingerprint density at radius 3 is 2.53 bits per heavy atom. The Bertz CT molecular complexity index is 508. The molecule has 0 fully saturated rings. The van der Waals surface area contributed by atoms with Gasteiger partial charge in [-0.2, -0.15) is 0 Å². The SMILES string of the molecule is CCC(CNC(=O)c1cc(F)c(Cl)cc1Cl)C(=O)O. The molecule has 0 radical (unpaired) electrons. The van der Waals surface area contributed by atoms with E-state index in [-0.39, 0.29) is 22.2 Å². The van der Waals surface area contributed by atoms with Crippen LogP contribution in [0.4, 0.5) is 4.39 Å². The highest BCUT2D eigenvalue weighted by molar-refractivity contribution is 6.36. The van der Waals surface area contributed by atoms with Gasteiger partial charge in [0.1, 0.15) is 5.82 Å². The number of hydrogen-bond donors (Lipinski definition) is 2. The summed E-state index contributed by atoms with van der Waals surface area (Å²) in [4.78, 5) is 22.6. The Morgan fingerprint density at radius 2 is 2.00 bits per heavy atom. The molecule has 1 aromatic carbocycles. The van der Waals surface area contributed by atoms with E-state index in [0.717, 1.165) is 12.1 Å². The summed E-state index contributed by atoms with van der Waals surface area (Å²) >= 11 is 11.3. The van der Waals surface area contributed by atoms with Gasteiger partial charge in [-0.25, -0.2) is 4.39 Å². The minimum Gasteiger partial charge on any atom is -0.481 e. The van der Waals surface area contributed by atoms with E-state index in [9.17, 15) is 14.0 Å². The fourth-order valence-corrected chi connectivity index (χ4v) is 1.88. The lowest BCUT2D eigenvalue weighted by Crippen LogP contribution is -2.32. The zero-order chi connectivity index (χ0) is 14.6. The molecule has 0 saturated heterocycles. The molecule has 2 N–H and O–H groups in total. The molecule has 1 unspecified atom stereocenters. The van der Waals surface area contributed by atoms with Gasteiger partial charge in [0.2, 0.25) is 0 Å². The number of carbonyl (C=O) groups is 2. The number of amides is 1. The van der Waals surface area contributed by atoms with Crippen LogP contribution in [0.2, 0.25) is 10.0 Å². The summed E-state index contributed by atoms with van der Waals surface area (Å²) in [6, 6.07) is 2.05. The van der Waals surface area contributed by atoms with E-state index in [1.54, 1.807) is 6.92 Å². The summed E-state index contributed by atoms with van der Waals surface area (Å²) in [5, 5.41) is 11.1. The third-order valence-electron chi connectivity index (χ3n) is 2.61. The minimum atomic E-state index is -1.00. The molecule has 1 amide bonds. The summed E-state index contributed by atoms with van der Waals surface area (Å²) in [7, 11) is 0. The number of aliphatic carboxylic acids is 1. The van der Waals surface area contributed by atoms with Crippen LogP contribution in [-0.4, -0.2) is 23.5 Å². The smallest absolute Gasteiger partial charge is 0.308 e. The van der Waals surface area contributed by atoms with Crippen LogP contribution >= 0.6 is 23.2 Å². The molecule has 0 bridgehead atoms. The van der Waals surface area contributed by atoms with Gasteiger partial charge in [-0.1, -0.05) is 30.1 Å². The second-order valence-electron chi connectivity index (χ2n) is 3.90. The van der Waals surface area contributed by atoms with Gasteiger partial charge in [-0.05, 0) is 18.6 Å². The van der Waals surface area contributed by atoms with Gasteiger partial charge < -0.3 is 10.4 Å². The van der Waals surface area contributed by atoms with Crippen molar-refractivity contribution in [3.8, 4) is 0 Å². The van der Waals surface area contributed by atoms with Crippen LogP contribution in [0.1, 0.15) is 23.7 Å². The quantitative estimate of drug-likeness (QED) is 0.822. The maximum absolute atomic E-state index is 13.2. The van der Waals surface area contributed by atoms with E-state index >= 15 is 0 Å². The van der Waals surface area contributed by atoms with Crippen molar-refractivity contribution >= 4 is 35.1 Å². The number of nitrogens with one attached hydrogen (secondary N) is 1. The van der Waals surface area contributed by atoms with Crippen LogP contribution in [0.25, 0.3) is 0 Å². The van der Waals surface area contributed by atoms with E-state index in [2.05, 4.69) is 5.32 Å². The van der Waals surface area contributed by atoms with Crippen LogP contribution in [0.15, 0.2) is 12.1 Å². The molecule has 0 spiro atoms. The topological polar surface area (TPSA) is 66.4 Å². The lowest BCUT2D eigenvalue weighted by molar-refractivity contribution is -0.141. The summed E-state index contributed by atoms with van der Waals surface area (Å²) in [5.41, 5.74) is -0.0798. The number of benzene rings is 1. The second kappa shape index (κ2) is 6.73. The number of halogens is 3. The molecule has 19 heavy (non-hydrogen) atoms. The third-order valence-corrected chi connectivity index (χ3v) is 3.21. The number of hydrogen-bond acceptors (Lipinski definition) is 2. The zero-order valence-electron chi connectivity index (χ0n) is 10.0. The van der Waals surface area contributed by atoms with E-state index in [4.69, 9.17) is 28.3 Å². The van der Waals surface area contributed by atoms with Crippen LogP contribution < -0.4 is 5.32 Å². The molecular weight excluding hydrogens is 296 g/mol. The first kappa shape index (κ1) is 15.7. The average Bonchev–Trinajstić information content (AvgIpc) is 2.33. The molecule has 104 valence electrons. The van der Waals surface area contributed by atoms with E-state index in [0.29, 0.717) is 6.42 Å². The average molecular weight is 308 g/mol. The van der Waals surface area contributed by atoms with Crippen molar-refractivity contribution < 1.29 is 19.1 Å². The van der Waals surface area contributed by atoms with Gasteiger partial charge in [-0.15, -0.1) is 0 Å². The largest absolute Gasteiger partial charge is 0.481 e. The Morgan fingerprint density at radius 1 is 1.37 bits per heavy atom. The van der Waals surface area contributed by atoms with Crippen LogP contribution in [0.5, 0.6) is 0 Å². The number of carboxylic acids is 1. The molecule has 1 aromatic rings. The van der Waals surface area contributed by atoms with E-state index in [1.165, 1.54) is 0 Å². The molecule has 0 aliphatic rings. The third kappa shape index (κ3) is 4.08. The fourth-order valence-electron chi connectivity index (χ4n) is 1.41. The molecule has 0 heterocycles. The Balaban J connectivity index is 2.79. The highest BCUT2D eigenvalue weighted by Crippen LogP contribution is 2.24. The van der Waals surface area contributed by atoms with Gasteiger partial charge in [-0.3, -0.25) is 9.59 Å². The van der Waals surface area contributed by atoms with Gasteiger partial charge in [0.05, 0.1) is 21.5 Å². The molecular formula is C12H12Cl2FNO3. The number of rotatable bonds is 5. The molecule has 1 rings (SSSR count). The summed E-state index contributed by atoms with van der Waals surface area (Å²) in [6.07, 6.45) is 0.373. The molecule has 1 atom stereocenters. The van der Waals surface area contributed by atoms with Crippen molar-refractivity contribution in [1.29, 1.82) is 0 Å². The zero-order valence-corrected chi connectivity index (χ0v) is 11.6. The lowest BCUT2D eigenvalue weighted by atomic mass is 10.1. The predicted octanol–water partition coefficient (Wildman–Crippen LogP) is 2.97. The molecule has 0 aromatic heterocycles. The molecule has 4 nitrogen and oxygen atoms in total. The van der Waals surface area contributed by atoms with Gasteiger partial charge in [0.15, 0.2) is 0 Å². The lowest BCUT2D eigenvalue weighted by Gasteiger charge is -2.12. The molecule has 7 heteroatoms. The van der Waals surface area contributed by atoms with Crippen molar-refractivity contribution in [2.45, 2.75) is 13.3 Å². The second-order valence-corrected chi connectivity index (χ2v) is 4.71. The summed E-state index contributed by atoms with van der Waals surface area (Å²) in [5.74, 6) is -3.10. The predicted molar refractivity (Wildman–Crippen MR) is 70.2 cm³/mol. The van der Waals surface area contributed by atoms with Crippen molar-refractivity contribution in [3.63, 3.8) is 0 Å². The maximum Gasteiger partial charge on any atom is 0.308 e. The van der Waals surface area contributed by atoms with Gasteiger partial charge in [0, 0.05) is 6.54 Å². The highest BCUT2D eigenvalue weighted by atomic mass is 35.5. The Kier molecular flexibility index (Phi) is 5.57.